The number of carbonyl (C=O) groups excluding carboxylic acids is 2. The number of hydrogen-bond acceptors (Lipinski definition) is 5. The smallest absolute Gasteiger partial charge is 0.335 e. The van der Waals surface area contributed by atoms with Crippen LogP contribution in [-0.4, -0.2) is 43.9 Å². The van der Waals surface area contributed by atoms with Crippen molar-refractivity contribution in [1.82, 2.24) is 15.0 Å². The van der Waals surface area contributed by atoms with Crippen LogP contribution >= 0.6 is 11.6 Å². The first kappa shape index (κ1) is 25.5. The average molecular weight is 519 g/mol. The number of nitrogens with one attached hydrogen (secondary N) is 2. The van der Waals surface area contributed by atoms with E-state index < -0.39 is 23.8 Å². The molecular formula is C27H23ClN4O5. The van der Waals surface area contributed by atoms with Gasteiger partial charge >= 0.3 is 5.97 Å². The molecule has 1 heterocycles. The third-order valence-electron chi connectivity index (χ3n) is 5.65. The van der Waals surface area contributed by atoms with Gasteiger partial charge in [0.1, 0.15) is 6.04 Å². The number of benzene rings is 3. The molecule has 0 aliphatic heterocycles. The van der Waals surface area contributed by atoms with Gasteiger partial charge in [-0.3, -0.25) is 9.59 Å². The number of halogens is 1. The van der Waals surface area contributed by atoms with E-state index in [0.717, 1.165) is 5.56 Å². The molecule has 10 heteroatoms. The molecule has 0 fully saturated rings. The van der Waals surface area contributed by atoms with Gasteiger partial charge in [0.05, 0.1) is 11.3 Å². The largest absolute Gasteiger partial charge is 0.478 e. The minimum Gasteiger partial charge on any atom is -0.478 e. The van der Waals surface area contributed by atoms with Crippen LogP contribution in [0.3, 0.4) is 0 Å². The topological polar surface area (TPSA) is 134 Å². The van der Waals surface area contributed by atoms with Crippen LogP contribution in [0.5, 0.6) is 0 Å². The molecule has 3 aromatic carbocycles. The molecule has 0 saturated carbocycles. The SMILES string of the molecule is Cc1nc(-c2ccc(Cl)cc2)n(O)c1C(=O)N[C@@H](Cc1ccccc1)C(=O)Nc1ccc(C(=O)O)cc1. The van der Waals surface area contributed by atoms with Crippen LogP contribution in [0.4, 0.5) is 5.69 Å². The number of carboxylic acids is 1. The van der Waals surface area contributed by atoms with E-state index in [1.54, 1.807) is 31.2 Å². The molecule has 1 aromatic heterocycles. The summed E-state index contributed by atoms with van der Waals surface area (Å²) in [6.45, 7) is 1.58. The molecule has 4 aromatic rings. The Hall–Kier alpha value is -4.63. The highest BCUT2D eigenvalue weighted by molar-refractivity contribution is 6.30. The lowest BCUT2D eigenvalue weighted by molar-refractivity contribution is -0.118. The van der Waals surface area contributed by atoms with Crippen molar-refractivity contribution in [3.63, 3.8) is 0 Å². The van der Waals surface area contributed by atoms with Gasteiger partial charge in [-0.2, -0.15) is 4.73 Å². The predicted molar refractivity (Wildman–Crippen MR) is 138 cm³/mol. The molecule has 9 nitrogen and oxygen atoms in total. The zero-order chi connectivity index (χ0) is 26.5. The summed E-state index contributed by atoms with van der Waals surface area (Å²) in [5.41, 5.74) is 1.97. The van der Waals surface area contributed by atoms with Crippen molar-refractivity contribution < 1.29 is 24.7 Å². The number of aryl methyl sites for hydroxylation is 1. The third-order valence-corrected chi connectivity index (χ3v) is 5.90. The molecule has 0 aliphatic carbocycles. The highest BCUT2D eigenvalue weighted by atomic mass is 35.5. The summed E-state index contributed by atoms with van der Waals surface area (Å²) in [6.07, 6.45) is 0.175. The number of carboxylic acid groups (broad SMARTS) is 1. The van der Waals surface area contributed by atoms with Crippen molar-refractivity contribution in [2.75, 3.05) is 5.32 Å². The van der Waals surface area contributed by atoms with Crippen LogP contribution in [0, 0.1) is 6.92 Å². The van der Waals surface area contributed by atoms with E-state index >= 15 is 0 Å². The van der Waals surface area contributed by atoms with Gasteiger partial charge in [-0.15, -0.1) is 0 Å². The van der Waals surface area contributed by atoms with Gasteiger partial charge in [0.25, 0.3) is 5.91 Å². The zero-order valence-corrected chi connectivity index (χ0v) is 20.4. The molecule has 188 valence electrons. The molecule has 0 saturated heterocycles. The first-order valence-electron chi connectivity index (χ1n) is 11.3. The zero-order valence-electron chi connectivity index (χ0n) is 19.7. The van der Waals surface area contributed by atoms with E-state index in [1.165, 1.54) is 24.3 Å². The van der Waals surface area contributed by atoms with E-state index in [1.807, 2.05) is 30.3 Å². The summed E-state index contributed by atoms with van der Waals surface area (Å²) in [5, 5.41) is 25.8. The van der Waals surface area contributed by atoms with E-state index in [9.17, 15) is 19.6 Å². The van der Waals surface area contributed by atoms with Crippen molar-refractivity contribution in [1.29, 1.82) is 0 Å². The Morgan fingerprint density at radius 2 is 1.62 bits per heavy atom. The molecule has 0 bridgehead atoms. The fourth-order valence-corrected chi connectivity index (χ4v) is 3.90. The third kappa shape index (κ3) is 5.96. The van der Waals surface area contributed by atoms with Crippen LogP contribution in [0.15, 0.2) is 78.9 Å². The molecule has 0 unspecified atom stereocenters. The van der Waals surface area contributed by atoms with Gasteiger partial charge in [-0.05, 0) is 61.0 Å². The summed E-state index contributed by atoms with van der Waals surface area (Å²) in [5.74, 6) is -2.13. The predicted octanol–water partition coefficient (Wildman–Crippen LogP) is 4.43. The summed E-state index contributed by atoms with van der Waals surface area (Å²) >= 11 is 5.94. The molecule has 4 N–H and O–H groups in total. The summed E-state index contributed by atoms with van der Waals surface area (Å²) in [7, 11) is 0. The van der Waals surface area contributed by atoms with E-state index in [-0.39, 0.29) is 29.2 Å². The minimum atomic E-state index is -1.08. The van der Waals surface area contributed by atoms with Crippen LogP contribution in [0.1, 0.15) is 32.1 Å². The van der Waals surface area contributed by atoms with E-state index in [4.69, 9.17) is 16.7 Å². The standard InChI is InChI=1S/C27H23ClN4O5/c1-16-23(32(37)24(29-16)18-7-11-20(28)12-8-18)26(34)31-22(15-17-5-3-2-4-6-17)25(33)30-21-13-9-19(10-14-21)27(35)36/h2-14,22,37H,15H2,1H3,(H,30,33)(H,31,34)(H,35,36)/t22-/m0/s1. The normalized spacial score (nSPS) is 11.5. The molecule has 4 rings (SSSR count). The Balaban J connectivity index is 1.58. The second-order valence-corrected chi connectivity index (χ2v) is 8.71. The van der Waals surface area contributed by atoms with Crippen molar-refractivity contribution in [3.8, 4) is 11.4 Å². The Bertz CT molecular complexity index is 1430. The maximum Gasteiger partial charge on any atom is 0.335 e. The number of carbonyl (C=O) groups is 3. The fourth-order valence-electron chi connectivity index (χ4n) is 3.78. The van der Waals surface area contributed by atoms with Gasteiger partial charge in [-0.1, -0.05) is 41.9 Å². The van der Waals surface area contributed by atoms with Crippen molar-refractivity contribution in [2.45, 2.75) is 19.4 Å². The van der Waals surface area contributed by atoms with Crippen LogP contribution in [0.25, 0.3) is 11.4 Å². The number of rotatable bonds is 8. The number of amides is 2. The number of nitrogens with zero attached hydrogens (tertiary/aromatic N) is 2. The Morgan fingerprint density at radius 3 is 2.24 bits per heavy atom. The first-order valence-corrected chi connectivity index (χ1v) is 11.6. The van der Waals surface area contributed by atoms with Gasteiger partial charge < -0.3 is 20.9 Å². The second kappa shape index (κ2) is 11.0. The number of aromatic nitrogens is 2. The van der Waals surface area contributed by atoms with Crippen molar-refractivity contribution in [2.24, 2.45) is 0 Å². The lowest BCUT2D eigenvalue weighted by atomic mass is 10.0. The van der Waals surface area contributed by atoms with Gasteiger partial charge in [-0.25, -0.2) is 9.78 Å². The molecule has 2 amide bonds. The summed E-state index contributed by atoms with van der Waals surface area (Å²) in [6, 6.07) is 20.4. The van der Waals surface area contributed by atoms with Gasteiger partial charge in [0.15, 0.2) is 11.5 Å². The monoisotopic (exact) mass is 518 g/mol. The Morgan fingerprint density at radius 1 is 0.973 bits per heavy atom. The molecule has 0 radical (unpaired) electrons. The van der Waals surface area contributed by atoms with Crippen molar-refractivity contribution in [3.05, 3.63) is 106 Å². The Kier molecular flexibility index (Phi) is 7.55. The minimum absolute atomic E-state index is 0.0790. The van der Waals surface area contributed by atoms with Gasteiger partial charge in [0.2, 0.25) is 5.91 Å². The maximum absolute atomic E-state index is 13.3. The summed E-state index contributed by atoms with van der Waals surface area (Å²) < 4.78 is 0.690. The fraction of sp³-hybridized carbons (Fsp3) is 0.111. The molecule has 0 aliphatic rings. The first-order chi connectivity index (χ1) is 17.7. The molecule has 37 heavy (non-hydrogen) atoms. The van der Waals surface area contributed by atoms with Crippen molar-refractivity contribution >= 4 is 35.1 Å². The molecule has 0 spiro atoms. The van der Waals surface area contributed by atoms with E-state index in [0.29, 0.717) is 21.0 Å². The van der Waals surface area contributed by atoms with Crippen LogP contribution < -0.4 is 10.6 Å². The molecular weight excluding hydrogens is 496 g/mol. The maximum atomic E-state index is 13.3. The lowest BCUT2D eigenvalue weighted by Gasteiger charge is -2.19. The average Bonchev–Trinajstić information content (AvgIpc) is 3.18. The highest BCUT2D eigenvalue weighted by Crippen LogP contribution is 2.23. The number of imidazole rings is 1. The molecule has 1 atom stereocenters. The second-order valence-electron chi connectivity index (χ2n) is 8.28. The highest BCUT2D eigenvalue weighted by Gasteiger charge is 2.27. The van der Waals surface area contributed by atoms with E-state index in [2.05, 4.69) is 15.6 Å². The van der Waals surface area contributed by atoms with Crippen LogP contribution in [-0.2, 0) is 11.2 Å². The summed E-state index contributed by atoms with van der Waals surface area (Å²) in [4.78, 5) is 41.9. The number of aromatic carboxylic acids is 1. The quantitative estimate of drug-likeness (QED) is 0.255. The van der Waals surface area contributed by atoms with Crippen LogP contribution in [0.2, 0.25) is 5.02 Å². The Labute approximate surface area is 217 Å². The lowest BCUT2D eigenvalue weighted by Crippen LogP contribution is -2.46. The number of anilines is 1. The number of hydrogen-bond donors (Lipinski definition) is 4. The van der Waals surface area contributed by atoms with Gasteiger partial charge in [0, 0.05) is 22.7 Å².